The maximum atomic E-state index is 12.6. The summed E-state index contributed by atoms with van der Waals surface area (Å²) >= 11 is 5.98. The van der Waals surface area contributed by atoms with Gasteiger partial charge in [0.05, 0.1) is 11.6 Å². The minimum Gasteiger partial charge on any atom is -0.399 e. The van der Waals surface area contributed by atoms with Gasteiger partial charge in [-0.25, -0.2) is 8.42 Å². The number of anilines is 1. The van der Waals surface area contributed by atoms with E-state index in [1.54, 1.807) is 0 Å². The molecule has 19 heavy (non-hydrogen) atoms. The summed E-state index contributed by atoms with van der Waals surface area (Å²) in [5.41, 5.74) is 5.99. The van der Waals surface area contributed by atoms with Crippen molar-refractivity contribution in [2.75, 3.05) is 18.9 Å². The molecular formula is C12H17ClN2O3S. The van der Waals surface area contributed by atoms with Crippen LogP contribution in [0.15, 0.2) is 23.1 Å². The topological polar surface area (TPSA) is 83.6 Å². The van der Waals surface area contributed by atoms with Crippen molar-refractivity contribution >= 4 is 27.3 Å². The highest BCUT2D eigenvalue weighted by molar-refractivity contribution is 7.89. The monoisotopic (exact) mass is 304 g/mol. The number of halogens is 1. The zero-order valence-corrected chi connectivity index (χ0v) is 12.0. The predicted octanol–water partition coefficient (Wildman–Crippen LogP) is 1.46. The molecule has 0 amide bonds. The Morgan fingerprint density at radius 2 is 2.11 bits per heavy atom. The van der Waals surface area contributed by atoms with E-state index in [0.29, 0.717) is 5.69 Å². The Bertz CT molecular complexity index is 558. The van der Waals surface area contributed by atoms with Gasteiger partial charge in [0.25, 0.3) is 0 Å². The number of benzene rings is 1. The first-order valence-corrected chi connectivity index (χ1v) is 7.96. The van der Waals surface area contributed by atoms with Crippen LogP contribution in [0.25, 0.3) is 0 Å². The van der Waals surface area contributed by atoms with Gasteiger partial charge in [-0.1, -0.05) is 18.0 Å². The number of sulfonamides is 1. The summed E-state index contributed by atoms with van der Waals surface area (Å²) in [6, 6.07) is 4.31. The van der Waals surface area contributed by atoms with Gasteiger partial charge < -0.3 is 10.8 Å². The highest BCUT2D eigenvalue weighted by atomic mass is 35.5. The zero-order chi connectivity index (χ0) is 14.0. The van der Waals surface area contributed by atoms with Crippen LogP contribution < -0.4 is 5.73 Å². The molecule has 1 aromatic carbocycles. The quantitative estimate of drug-likeness (QED) is 0.807. The molecular weight excluding hydrogens is 288 g/mol. The first kappa shape index (κ1) is 14.6. The minimum atomic E-state index is -3.68. The standard InChI is InChI=1S/C12H17ClN2O3S/c13-11-8-9(14)4-5-12(11)19(17,18)15(6-7-16)10-2-1-3-10/h4-5,8,10,16H,1-3,6-7,14H2. The van der Waals surface area contributed by atoms with Crippen LogP contribution in [-0.2, 0) is 10.0 Å². The summed E-state index contributed by atoms with van der Waals surface area (Å²) in [4.78, 5) is 0.0451. The summed E-state index contributed by atoms with van der Waals surface area (Å²) in [7, 11) is -3.68. The summed E-state index contributed by atoms with van der Waals surface area (Å²) in [5, 5.41) is 9.18. The highest BCUT2D eigenvalue weighted by Crippen LogP contribution is 2.32. The second-order valence-electron chi connectivity index (χ2n) is 4.61. The van der Waals surface area contributed by atoms with Gasteiger partial charge in [0.2, 0.25) is 10.0 Å². The Hall–Kier alpha value is -0.820. The summed E-state index contributed by atoms with van der Waals surface area (Å²) < 4.78 is 26.5. The lowest BCUT2D eigenvalue weighted by Gasteiger charge is -2.36. The molecule has 0 radical (unpaired) electrons. The Balaban J connectivity index is 2.38. The molecule has 1 aliphatic carbocycles. The largest absolute Gasteiger partial charge is 0.399 e. The van der Waals surface area contributed by atoms with Crippen molar-refractivity contribution in [2.24, 2.45) is 0 Å². The smallest absolute Gasteiger partial charge is 0.244 e. The lowest BCUT2D eigenvalue weighted by molar-refractivity contribution is 0.178. The van der Waals surface area contributed by atoms with Crippen molar-refractivity contribution in [3.63, 3.8) is 0 Å². The molecule has 1 aromatic rings. The molecule has 1 saturated carbocycles. The molecule has 0 bridgehead atoms. The van der Waals surface area contributed by atoms with E-state index in [9.17, 15) is 8.42 Å². The molecule has 3 N–H and O–H groups in total. The van der Waals surface area contributed by atoms with E-state index in [0.717, 1.165) is 19.3 Å². The number of aliphatic hydroxyl groups is 1. The van der Waals surface area contributed by atoms with Gasteiger partial charge in [0.1, 0.15) is 4.90 Å². The first-order chi connectivity index (χ1) is 8.96. The predicted molar refractivity (Wildman–Crippen MR) is 74.5 cm³/mol. The van der Waals surface area contributed by atoms with E-state index in [-0.39, 0.29) is 29.1 Å². The fourth-order valence-corrected chi connectivity index (χ4v) is 4.33. The maximum absolute atomic E-state index is 12.6. The van der Waals surface area contributed by atoms with Crippen LogP contribution in [-0.4, -0.2) is 37.0 Å². The molecule has 2 rings (SSSR count). The fraction of sp³-hybridized carbons (Fsp3) is 0.500. The summed E-state index contributed by atoms with van der Waals surface area (Å²) in [6.07, 6.45) is 2.66. The second-order valence-corrected chi connectivity index (χ2v) is 6.88. The van der Waals surface area contributed by atoms with Crippen LogP contribution >= 0.6 is 11.6 Å². The van der Waals surface area contributed by atoms with E-state index < -0.39 is 10.0 Å². The molecule has 0 atom stereocenters. The van der Waals surface area contributed by atoms with Gasteiger partial charge in [-0.15, -0.1) is 0 Å². The van der Waals surface area contributed by atoms with E-state index >= 15 is 0 Å². The summed E-state index contributed by atoms with van der Waals surface area (Å²) in [6.45, 7) is -0.115. The number of hydrogen-bond donors (Lipinski definition) is 2. The van der Waals surface area contributed by atoms with Crippen molar-refractivity contribution in [1.29, 1.82) is 0 Å². The van der Waals surface area contributed by atoms with Crippen LogP contribution in [0.5, 0.6) is 0 Å². The third kappa shape index (κ3) is 2.86. The molecule has 0 heterocycles. The second kappa shape index (κ2) is 5.66. The van der Waals surface area contributed by atoms with E-state index in [1.165, 1.54) is 22.5 Å². The average Bonchev–Trinajstić information content (AvgIpc) is 2.25. The SMILES string of the molecule is Nc1ccc(S(=O)(=O)N(CCO)C2CCC2)c(Cl)c1. The highest BCUT2D eigenvalue weighted by Gasteiger charge is 2.35. The van der Waals surface area contributed by atoms with Crippen LogP contribution in [0.2, 0.25) is 5.02 Å². The van der Waals surface area contributed by atoms with E-state index in [4.69, 9.17) is 22.4 Å². The van der Waals surface area contributed by atoms with E-state index in [1.807, 2.05) is 0 Å². The van der Waals surface area contributed by atoms with Crippen molar-refractivity contribution in [3.8, 4) is 0 Å². The molecule has 0 aromatic heterocycles. The minimum absolute atomic E-state index is 0.0363. The number of hydrogen-bond acceptors (Lipinski definition) is 4. The molecule has 0 aliphatic heterocycles. The van der Waals surface area contributed by atoms with Gasteiger partial charge in [0.15, 0.2) is 0 Å². The Kier molecular flexibility index (Phi) is 4.35. The third-order valence-electron chi connectivity index (χ3n) is 3.34. The van der Waals surface area contributed by atoms with Crippen molar-refractivity contribution in [1.82, 2.24) is 4.31 Å². The van der Waals surface area contributed by atoms with Crippen LogP contribution in [0.3, 0.4) is 0 Å². The Labute approximate surface area is 118 Å². The van der Waals surface area contributed by atoms with Crippen LogP contribution in [0.4, 0.5) is 5.69 Å². The van der Waals surface area contributed by atoms with Gasteiger partial charge in [-0.05, 0) is 31.0 Å². The molecule has 1 fully saturated rings. The van der Waals surface area contributed by atoms with Gasteiger partial charge in [-0.2, -0.15) is 4.31 Å². The van der Waals surface area contributed by atoms with Crippen LogP contribution in [0, 0.1) is 0 Å². The van der Waals surface area contributed by atoms with Gasteiger partial charge >= 0.3 is 0 Å². The number of rotatable bonds is 5. The number of nitrogens with zero attached hydrogens (tertiary/aromatic N) is 1. The number of nitrogens with two attached hydrogens (primary N) is 1. The third-order valence-corrected chi connectivity index (χ3v) is 5.78. The molecule has 1 aliphatic rings. The average molecular weight is 305 g/mol. The van der Waals surface area contributed by atoms with Gasteiger partial charge in [0, 0.05) is 18.3 Å². The summed E-state index contributed by atoms with van der Waals surface area (Å²) in [5.74, 6) is 0. The van der Waals surface area contributed by atoms with Crippen molar-refractivity contribution in [2.45, 2.75) is 30.2 Å². The molecule has 106 valence electrons. The number of aliphatic hydroxyl groups excluding tert-OH is 1. The molecule has 0 saturated heterocycles. The fourth-order valence-electron chi connectivity index (χ4n) is 2.12. The molecule has 5 nitrogen and oxygen atoms in total. The lowest BCUT2D eigenvalue weighted by Crippen LogP contribution is -2.45. The van der Waals surface area contributed by atoms with Gasteiger partial charge in [-0.3, -0.25) is 0 Å². The number of nitrogen functional groups attached to an aromatic ring is 1. The van der Waals surface area contributed by atoms with Crippen molar-refractivity contribution in [3.05, 3.63) is 23.2 Å². The molecule has 0 spiro atoms. The molecule has 7 heteroatoms. The lowest BCUT2D eigenvalue weighted by atomic mass is 9.93. The zero-order valence-electron chi connectivity index (χ0n) is 10.4. The van der Waals surface area contributed by atoms with Crippen LogP contribution in [0.1, 0.15) is 19.3 Å². The Morgan fingerprint density at radius 1 is 1.42 bits per heavy atom. The van der Waals surface area contributed by atoms with Crippen molar-refractivity contribution < 1.29 is 13.5 Å². The molecule has 0 unspecified atom stereocenters. The maximum Gasteiger partial charge on any atom is 0.244 e. The first-order valence-electron chi connectivity index (χ1n) is 6.14. The van der Waals surface area contributed by atoms with E-state index in [2.05, 4.69) is 0 Å². The normalized spacial score (nSPS) is 16.6. The Morgan fingerprint density at radius 3 is 2.58 bits per heavy atom.